The molecule has 2 aromatic rings. The fraction of sp³-hybridized carbons (Fsp3) is 0.278. The average Bonchev–Trinajstić information content (AvgIpc) is 2.59. The minimum Gasteiger partial charge on any atom is -0.375 e. The topological polar surface area (TPSA) is 61.4 Å². The maximum absolute atomic E-state index is 11.9. The normalized spacial score (nSPS) is 11.6. The summed E-state index contributed by atoms with van der Waals surface area (Å²) in [6.07, 6.45) is 2.46. The number of rotatable bonds is 7. The van der Waals surface area contributed by atoms with Crippen molar-refractivity contribution in [2.24, 2.45) is 0 Å². The van der Waals surface area contributed by atoms with E-state index in [1.54, 1.807) is 30.5 Å². The number of nitrogens with zero attached hydrogens (tertiary/aromatic N) is 1. The predicted molar refractivity (Wildman–Crippen MR) is 100 cm³/mol. The van der Waals surface area contributed by atoms with Gasteiger partial charge in [-0.25, -0.2) is 4.79 Å². The van der Waals surface area contributed by atoms with Crippen molar-refractivity contribution in [1.29, 1.82) is 0 Å². The number of carbonyl (C=O) groups excluding carboxylic acids is 1. The first-order valence-corrected chi connectivity index (χ1v) is 9.36. The van der Waals surface area contributed by atoms with Gasteiger partial charge in [0.15, 0.2) is 0 Å². The SMILES string of the molecule is CN(CCCNC(=O)Nc1cccc(S(C)=O)c1)c1ccccc1. The van der Waals surface area contributed by atoms with Gasteiger partial charge in [-0.3, -0.25) is 4.21 Å². The Morgan fingerprint density at radius 1 is 1.12 bits per heavy atom. The number of carbonyl (C=O) groups is 1. The number of hydrogen-bond acceptors (Lipinski definition) is 3. The van der Waals surface area contributed by atoms with E-state index in [-0.39, 0.29) is 6.03 Å². The highest BCUT2D eigenvalue weighted by Crippen LogP contribution is 2.13. The molecule has 0 saturated carbocycles. The van der Waals surface area contributed by atoms with Crippen LogP contribution < -0.4 is 15.5 Å². The van der Waals surface area contributed by atoms with Gasteiger partial charge in [0.05, 0.1) is 0 Å². The summed E-state index contributed by atoms with van der Waals surface area (Å²) < 4.78 is 11.5. The van der Waals surface area contributed by atoms with Crippen molar-refractivity contribution in [1.82, 2.24) is 5.32 Å². The van der Waals surface area contributed by atoms with Crippen LogP contribution in [0.25, 0.3) is 0 Å². The fourth-order valence-corrected chi connectivity index (χ4v) is 2.82. The second-order valence-corrected chi connectivity index (χ2v) is 6.85. The second-order valence-electron chi connectivity index (χ2n) is 5.47. The molecular formula is C18H23N3O2S. The Balaban J connectivity index is 1.72. The first-order chi connectivity index (χ1) is 11.6. The lowest BCUT2D eigenvalue weighted by atomic mass is 10.3. The highest BCUT2D eigenvalue weighted by atomic mass is 32.2. The molecule has 0 radical (unpaired) electrons. The van der Waals surface area contributed by atoms with Gasteiger partial charge in [-0.2, -0.15) is 0 Å². The summed E-state index contributed by atoms with van der Waals surface area (Å²) in [5.74, 6) is 0. The van der Waals surface area contributed by atoms with Crippen LogP contribution in [-0.4, -0.2) is 36.6 Å². The van der Waals surface area contributed by atoms with Gasteiger partial charge in [-0.05, 0) is 36.8 Å². The van der Waals surface area contributed by atoms with Crippen molar-refractivity contribution < 1.29 is 9.00 Å². The zero-order valence-corrected chi connectivity index (χ0v) is 14.8. The molecular weight excluding hydrogens is 322 g/mol. The van der Waals surface area contributed by atoms with Crippen molar-refractivity contribution >= 4 is 28.2 Å². The minimum atomic E-state index is -1.06. The number of para-hydroxylation sites is 1. The van der Waals surface area contributed by atoms with Crippen LogP contribution in [0.5, 0.6) is 0 Å². The maximum atomic E-state index is 11.9. The van der Waals surface area contributed by atoms with Crippen LogP contribution in [0.1, 0.15) is 6.42 Å². The van der Waals surface area contributed by atoms with E-state index in [1.807, 2.05) is 25.2 Å². The summed E-state index contributed by atoms with van der Waals surface area (Å²) in [5.41, 5.74) is 1.80. The number of hydrogen-bond donors (Lipinski definition) is 2. The Bertz CT molecular complexity index is 692. The zero-order valence-electron chi connectivity index (χ0n) is 14.0. The Hall–Kier alpha value is -2.34. The number of amides is 2. The van der Waals surface area contributed by atoms with Gasteiger partial charge in [0.1, 0.15) is 0 Å². The molecule has 2 rings (SSSR count). The largest absolute Gasteiger partial charge is 0.375 e. The predicted octanol–water partition coefficient (Wildman–Crippen LogP) is 3.07. The molecule has 6 heteroatoms. The van der Waals surface area contributed by atoms with Crippen molar-refractivity contribution in [3.8, 4) is 0 Å². The number of anilines is 2. The maximum Gasteiger partial charge on any atom is 0.319 e. The average molecular weight is 345 g/mol. The number of urea groups is 1. The third kappa shape index (κ3) is 5.70. The molecule has 1 unspecified atom stereocenters. The summed E-state index contributed by atoms with van der Waals surface area (Å²) in [5, 5.41) is 5.59. The molecule has 0 spiro atoms. The molecule has 128 valence electrons. The Morgan fingerprint density at radius 3 is 2.58 bits per heavy atom. The van der Waals surface area contributed by atoms with E-state index in [9.17, 15) is 9.00 Å². The van der Waals surface area contributed by atoms with E-state index in [0.29, 0.717) is 17.1 Å². The van der Waals surface area contributed by atoms with Gasteiger partial charge in [0.25, 0.3) is 0 Å². The van der Waals surface area contributed by atoms with E-state index < -0.39 is 10.8 Å². The number of nitrogens with one attached hydrogen (secondary N) is 2. The molecule has 0 aliphatic carbocycles. The molecule has 2 amide bonds. The van der Waals surface area contributed by atoms with Gasteiger partial charge < -0.3 is 15.5 Å². The van der Waals surface area contributed by atoms with Crippen molar-refractivity contribution in [3.63, 3.8) is 0 Å². The smallest absolute Gasteiger partial charge is 0.319 e. The van der Waals surface area contributed by atoms with Gasteiger partial charge >= 0.3 is 6.03 Å². The lowest BCUT2D eigenvalue weighted by Gasteiger charge is -2.19. The van der Waals surface area contributed by atoms with Crippen LogP contribution in [0.4, 0.5) is 16.2 Å². The second kappa shape index (κ2) is 9.08. The van der Waals surface area contributed by atoms with E-state index in [1.165, 1.54) is 0 Å². The highest BCUT2D eigenvalue weighted by Gasteiger charge is 2.04. The quantitative estimate of drug-likeness (QED) is 0.758. The van der Waals surface area contributed by atoms with E-state index in [0.717, 1.165) is 18.7 Å². The van der Waals surface area contributed by atoms with Gasteiger partial charge in [-0.1, -0.05) is 24.3 Å². The van der Waals surface area contributed by atoms with Crippen LogP contribution in [-0.2, 0) is 10.8 Å². The van der Waals surface area contributed by atoms with Crippen LogP contribution in [0.3, 0.4) is 0 Å². The lowest BCUT2D eigenvalue weighted by molar-refractivity contribution is 0.252. The fourth-order valence-electron chi connectivity index (χ4n) is 2.26. The third-order valence-corrected chi connectivity index (χ3v) is 4.49. The number of benzene rings is 2. The van der Waals surface area contributed by atoms with Gasteiger partial charge in [0.2, 0.25) is 0 Å². The minimum absolute atomic E-state index is 0.253. The molecule has 5 nitrogen and oxygen atoms in total. The van der Waals surface area contributed by atoms with E-state index in [2.05, 4.69) is 27.7 Å². The van der Waals surface area contributed by atoms with Crippen LogP contribution in [0, 0.1) is 0 Å². The molecule has 1 atom stereocenters. The van der Waals surface area contributed by atoms with Crippen LogP contribution in [0.15, 0.2) is 59.5 Å². The summed E-state index contributed by atoms with van der Waals surface area (Å²) in [6.45, 7) is 1.44. The molecule has 0 aliphatic rings. The lowest BCUT2D eigenvalue weighted by Crippen LogP contribution is -2.31. The Morgan fingerprint density at radius 2 is 1.88 bits per heavy atom. The third-order valence-electron chi connectivity index (χ3n) is 3.58. The molecule has 2 aromatic carbocycles. The molecule has 0 bridgehead atoms. The monoisotopic (exact) mass is 345 g/mol. The Labute approximate surface area is 145 Å². The molecule has 24 heavy (non-hydrogen) atoms. The van der Waals surface area contributed by atoms with E-state index >= 15 is 0 Å². The summed E-state index contributed by atoms with van der Waals surface area (Å²) in [7, 11) is 0.972. The molecule has 0 fully saturated rings. The van der Waals surface area contributed by atoms with Crippen LogP contribution >= 0.6 is 0 Å². The zero-order chi connectivity index (χ0) is 17.4. The first kappa shape index (κ1) is 18.0. The molecule has 0 aromatic heterocycles. The first-order valence-electron chi connectivity index (χ1n) is 7.81. The van der Waals surface area contributed by atoms with Gasteiger partial charge in [0, 0.05) is 53.5 Å². The van der Waals surface area contributed by atoms with Crippen molar-refractivity contribution in [2.45, 2.75) is 11.3 Å². The van der Waals surface area contributed by atoms with Crippen molar-refractivity contribution in [3.05, 3.63) is 54.6 Å². The standard InChI is InChI=1S/C18H23N3O2S/c1-21(16-9-4-3-5-10-16)13-7-12-19-18(22)20-15-8-6-11-17(14-15)24(2)23/h3-6,8-11,14H,7,12-13H2,1-2H3,(H2,19,20,22). The summed E-state index contributed by atoms with van der Waals surface area (Å²) in [6, 6.07) is 16.9. The molecule has 0 aliphatic heterocycles. The summed E-state index contributed by atoms with van der Waals surface area (Å²) in [4.78, 5) is 14.7. The molecule has 2 N–H and O–H groups in total. The van der Waals surface area contributed by atoms with Gasteiger partial charge in [-0.15, -0.1) is 0 Å². The Kier molecular flexibility index (Phi) is 6.81. The van der Waals surface area contributed by atoms with E-state index in [4.69, 9.17) is 0 Å². The molecule has 0 saturated heterocycles. The molecule has 0 heterocycles. The highest BCUT2D eigenvalue weighted by molar-refractivity contribution is 7.84. The van der Waals surface area contributed by atoms with Crippen LogP contribution in [0.2, 0.25) is 0 Å². The van der Waals surface area contributed by atoms with Crippen molar-refractivity contribution in [2.75, 3.05) is 36.6 Å². The summed E-state index contributed by atoms with van der Waals surface area (Å²) >= 11 is 0.